The summed E-state index contributed by atoms with van der Waals surface area (Å²) < 4.78 is 82.4. The van der Waals surface area contributed by atoms with Crippen molar-refractivity contribution in [3.8, 4) is 0 Å². The summed E-state index contributed by atoms with van der Waals surface area (Å²) in [7, 11) is 0. The number of piperidine rings is 2. The Labute approximate surface area is 245 Å². The lowest BCUT2D eigenvalue weighted by Crippen LogP contribution is -2.56. The SMILES string of the molecule is NC(=C1C(=NC(c2ccccc2)c2ccccc2)NC(=O)[C@H](O)C1C(F)(F)F)C1CCN(c2nnc(C(F)(F)F)s2)CC1. The molecule has 3 heterocycles. The first-order valence-corrected chi connectivity index (χ1v) is 14.0. The highest BCUT2D eigenvalue weighted by Gasteiger charge is 2.54. The van der Waals surface area contributed by atoms with Crippen molar-refractivity contribution in [3.63, 3.8) is 0 Å². The topological polar surface area (TPSA) is 117 Å². The molecule has 2 saturated heterocycles. The van der Waals surface area contributed by atoms with E-state index in [0.717, 1.165) is 0 Å². The molecular weight excluding hydrogens is 598 g/mol. The van der Waals surface area contributed by atoms with Crippen LogP contribution in [0.5, 0.6) is 0 Å². The van der Waals surface area contributed by atoms with Crippen LogP contribution in [0, 0.1) is 11.8 Å². The van der Waals surface area contributed by atoms with Gasteiger partial charge in [0.05, 0.1) is 0 Å². The molecule has 0 spiro atoms. The number of carbonyl (C=O) groups is 1. The van der Waals surface area contributed by atoms with E-state index in [9.17, 15) is 36.2 Å². The number of amides is 1. The van der Waals surface area contributed by atoms with Gasteiger partial charge in [-0.05, 0) is 24.0 Å². The molecule has 3 aromatic rings. The van der Waals surface area contributed by atoms with Gasteiger partial charge in [-0.2, -0.15) is 26.3 Å². The Hall–Kier alpha value is -3.98. The average Bonchev–Trinajstić information content (AvgIpc) is 3.49. The van der Waals surface area contributed by atoms with Crippen molar-refractivity contribution >= 4 is 28.2 Å². The first kappa shape index (κ1) is 30.5. The molecule has 43 heavy (non-hydrogen) atoms. The van der Waals surface area contributed by atoms with Crippen LogP contribution >= 0.6 is 11.3 Å². The molecule has 2 aliphatic heterocycles. The monoisotopic (exact) mass is 624 g/mol. The Bertz CT molecular complexity index is 1460. The first-order chi connectivity index (χ1) is 20.3. The van der Waals surface area contributed by atoms with Gasteiger partial charge in [0.15, 0.2) is 0 Å². The lowest BCUT2D eigenvalue weighted by atomic mass is 9.81. The number of nitrogens with zero attached hydrogens (tertiary/aromatic N) is 4. The number of aliphatic hydroxyl groups is 1. The zero-order valence-electron chi connectivity index (χ0n) is 22.3. The van der Waals surface area contributed by atoms with E-state index in [1.807, 2.05) is 0 Å². The van der Waals surface area contributed by atoms with Gasteiger partial charge in [-0.1, -0.05) is 72.0 Å². The number of nitrogens with one attached hydrogen (secondary N) is 1. The summed E-state index contributed by atoms with van der Waals surface area (Å²) >= 11 is 0.378. The zero-order chi connectivity index (χ0) is 30.9. The lowest BCUT2D eigenvalue weighted by molar-refractivity contribution is -0.191. The van der Waals surface area contributed by atoms with Crippen molar-refractivity contribution in [2.24, 2.45) is 22.6 Å². The number of alkyl halides is 6. The highest BCUT2D eigenvalue weighted by molar-refractivity contribution is 7.15. The van der Waals surface area contributed by atoms with Crippen molar-refractivity contribution in [1.29, 1.82) is 0 Å². The van der Waals surface area contributed by atoms with Gasteiger partial charge in [0.25, 0.3) is 5.91 Å². The number of amidine groups is 1. The fraction of sp³-hybridized carbons (Fsp3) is 0.357. The van der Waals surface area contributed by atoms with E-state index in [0.29, 0.717) is 22.5 Å². The minimum Gasteiger partial charge on any atom is -0.401 e. The Balaban J connectivity index is 1.54. The van der Waals surface area contributed by atoms with Gasteiger partial charge in [0.2, 0.25) is 10.1 Å². The Morgan fingerprint density at radius 3 is 2.02 bits per heavy atom. The van der Waals surface area contributed by atoms with Gasteiger partial charge in [0, 0.05) is 30.3 Å². The molecule has 2 aliphatic rings. The highest BCUT2D eigenvalue weighted by Crippen LogP contribution is 2.42. The van der Waals surface area contributed by atoms with Gasteiger partial charge in [0.1, 0.15) is 23.9 Å². The standard InChI is InChI=1S/C28H26F6N6O2S/c29-27(30,31)19-18(20(35)15-11-13-40(14-12-15)26-39-38-25(43-26)28(32,33)34)23(37-24(42)22(19)41)36-21(16-7-3-1-4-8-16)17-9-5-2-6-10-17/h1-10,15,19,21-22,41H,11-14,35H2,(H,36,37,42)/t19?,22-/m1/s1. The molecular formula is C28H26F6N6O2S. The third kappa shape index (κ3) is 6.51. The summed E-state index contributed by atoms with van der Waals surface area (Å²) in [6.07, 6.45) is -11.8. The molecule has 2 fully saturated rings. The molecule has 15 heteroatoms. The number of halogens is 6. The number of allylic oxidation sites excluding steroid dienone is 1. The van der Waals surface area contributed by atoms with Crippen LogP contribution in [0.3, 0.4) is 0 Å². The van der Waals surface area contributed by atoms with Gasteiger partial charge < -0.3 is 21.1 Å². The van der Waals surface area contributed by atoms with Crippen molar-refractivity contribution in [1.82, 2.24) is 15.5 Å². The molecule has 5 rings (SSSR count). The number of aromatic nitrogens is 2. The van der Waals surface area contributed by atoms with E-state index < -0.39 is 58.7 Å². The molecule has 0 aliphatic carbocycles. The predicted molar refractivity (Wildman–Crippen MR) is 147 cm³/mol. The van der Waals surface area contributed by atoms with E-state index in [2.05, 4.69) is 20.5 Å². The normalized spacial score (nSPS) is 22.7. The molecule has 1 aromatic heterocycles. The summed E-state index contributed by atoms with van der Waals surface area (Å²) in [6, 6.07) is 16.8. The number of carbonyl (C=O) groups excluding carboxylic acids is 1. The van der Waals surface area contributed by atoms with Crippen LogP contribution in [-0.4, -0.2) is 52.4 Å². The zero-order valence-corrected chi connectivity index (χ0v) is 23.1. The molecule has 0 saturated carbocycles. The molecule has 8 nitrogen and oxygen atoms in total. The summed E-state index contributed by atoms with van der Waals surface area (Å²) in [5, 5.41) is 18.5. The fourth-order valence-electron chi connectivity index (χ4n) is 5.28. The third-order valence-corrected chi connectivity index (χ3v) is 8.44. The number of benzene rings is 2. The van der Waals surface area contributed by atoms with Gasteiger partial charge in [-0.3, -0.25) is 9.79 Å². The fourth-order valence-corrected chi connectivity index (χ4v) is 6.04. The maximum Gasteiger partial charge on any atom is 0.445 e. The Morgan fingerprint density at radius 1 is 0.977 bits per heavy atom. The van der Waals surface area contributed by atoms with Crippen molar-refractivity contribution in [2.45, 2.75) is 37.3 Å². The van der Waals surface area contributed by atoms with E-state index in [-0.39, 0.29) is 36.8 Å². The highest BCUT2D eigenvalue weighted by atomic mass is 32.1. The van der Waals surface area contributed by atoms with Gasteiger partial charge >= 0.3 is 12.4 Å². The van der Waals surface area contributed by atoms with Crippen molar-refractivity contribution in [3.05, 3.63) is 88.1 Å². The van der Waals surface area contributed by atoms with E-state index in [1.54, 1.807) is 65.6 Å². The number of hydrogen-bond donors (Lipinski definition) is 3. The summed E-state index contributed by atoms with van der Waals surface area (Å²) in [6.45, 7) is 0.305. The van der Waals surface area contributed by atoms with Crippen LogP contribution in [0.2, 0.25) is 0 Å². The smallest absolute Gasteiger partial charge is 0.401 e. The van der Waals surface area contributed by atoms with Crippen LogP contribution in [0.4, 0.5) is 31.5 Å². The van der Waals surface area contributed by atoms with Gasteiger partial charge in [-0.25, -0.2) is 0 Å². The molecule has 0 bridgehead atoms. The number of hydrogen-bond acceptors (Lipinski definition) is 8. The maximum atomic E-state index is 14.5. The van der Waals surface area contributed by atoms with Gasteiger partial charge in [-0.15, -0.1) is 10.2 Å². The third-order valence-electron chi connectivity index (χ3n) is 7.41. The molecule has 1 unspecified atom stereocenters. The second-order valence-corrected chi connectivity index (χ2v) is 11.1. The second kappa shape index (κ2) is 12.0. The van der Waals surface area contributed by atoms with Crippen molar-refractivity contribution in [2.75, 3.05) is 18.0 Å². The Morgan fingerprint density at radius 2 is 1.53 bits per heavy atom. The number of rotatable bonds is 5. The van der Waals surface area contributed by atoms with E-state index in [1.165, 1.54) is 0 Å². The molecule has 228 valence electrons. The minimum absolute atomic E-state index is 0.0429. The quantitative estimate of drug-likeness (QED) is 0.350. The molecule has 2 aromatic carbocycles. The number of anilines is 1. The number of nitrogens with two attached hydrogens (primary N) is 1. The molecule has 0 radical (unpaired) electrons. The summed E-state index contributed by atoms with van der Waals surface area (Å²) in [5.41, 5.74) is 7.02. The average molecular weight is 625 g/mol. The molecule has 2 atom stereocenters. The largest absolute Gasteiger partial charge is 0.445 e. The molecule has 1 amide bonds. The second-order valence-electron chi connectivity index (χ2n) is 10.2. The van der Waals surface area contributed by atoms with E-state index >= 15 is 0 Å². The van der Waals surface area contributed by atoms with Crippen LogP contribution in [0.1, 0.15) is 35.0 Å². The molecule has 4 N–H and O–H groups in total. The van der Waals surface area contributed by atoms with Crippen LogP contribution in [0.15, 0.2) is 76.9 Å². The first-order valence-electron chi connectivity index (χ1n) is 13.2. The number of aliphatic imine (C=N–C) groups is 1. The minimum atomic E-state index is -5.05. The maximum absolute atomic E-state index is 14.5. The lowest BCUT2D eigenvalue weighted by Gasteiger charge is -2.37. The predicted octanol–water partition coefficient (Wildman–Crippen LogP) is 4.84. The Kier molecular flexibility index (Phi) is 8.47. The number of aliphatic hydroxyl groups excluding tert-OH is 1. The van der Waals surface area contributed by atoms with Crippen LogP contribution in [0.25, 0.3) is 0 Å². The summed E-state index contributed by atoms with van der Waals surface area (Å²) in [5.74, 6) is -4.94. The van der Waals surface area contributed by atoms with Crippen molar-refractivity contribution < 1.29 is 36.2 Å². The summed E-state index contributed by atoms with van der Waals surface area (Å²) in [4.78, 5) is 18.8. The van der Waals surface area contributed by atoms with Crippen LogP contribution < -0.4 is 16.0 Å². The van der Waals surface area contributed by atoms with E-state index in [4.69, 9.17) is 5.73 Å². The van der Waals surface area contributed by atoms with Crippen LogP contribution in [-0.2, 0) is 11.0 Å².